The van der Waals surface area contributed by atoms with Gasteiger partial charge in [0.15, 0.2) is 0 Å². The van der Waals surface area contributed by atoms with E-state index >= 15 is 0 Å². The molecule has 2 nitrogen and oxygen atoms in total. The van der Waals surface area contributed by atoms with Gasteiger partial charge in [0.2, 0.25) is 0 Å². The van der Waals surface area contributed by atoms with Crippen LogP contribution in [0.3, 0.4) is 0 Å². The van der Waals surface area contributed by atoms with Gasteiger partial charge >= 0.3 is 0 Å². The Morgan fingerprint density at radius 1 is 1.54 bits per heavy atom. The fourth-order valence-corrected chi connectivity index (χ4v) is 3.10. The lowest BCUT2D eigenvalue weighted by Crippen LogP contribution is -2.04. The maximum absolute atomic E-state index is 11.7. The van der Waals surface area contributed by atoms with Crippen molar-refractivity contribution in [3.8, 4) is 0 Å². The molecule has 1 fully saturated rings. The fourth-order valence-electron chi connectivity index (χ4n) is 1.05. The average molecular weight is 261 g/mol. The van der Waals surface area contributed by atoms with E-state index in [1.54, 1.807) is 0 Å². The summed E-state index contributed by atoms with van der Waals surface area (Å²) in [5.41, 5.74) is 0. The molecule has 70 valence electrons. The summed E-state index contributed by atoms with van der Waals surface area (Å²) in [6.45, 7) is 0.760. The monoisotopic (exact) mass is 260 g/mol. The van der Waals surface area contributed by atoms with Crippen LogP contribution in [0.4, 0.5) is 0 Å². The molecule has 1 saturated heterocycles. The molecule has 1 aromatic carbocycles. The van der Waals surface area contributed by atoms with Crippen molar-refractivity contribution in [1.82, 2.24) is 0 Å². The second kappa shape index (κ2) is 3.90. The lowest BCUT2D eigenvalue weighted by atomic mass is 10.4. The van der Waals surface area contributed by atoms with Crippen molar-refractivity contribution in [1.29, 1.82) is 0 Å². The number of hydrogen-bond donors (Lipinski definition) is 0. The highest BCUT2D eigenvalue weighted by Crippen LogP contribution is 2.22. The third kappa shape index (κ3) is 2.39. The molecule has 4 heteroatoms. The zero-order chi connectivity index (χ0) is 9.26. The summed E-state index contributed by atoms with van der Waals surface area (Å²) in [6, 6.07) is 7.59. The molecule has 0 aliphatic carbocycles. The number of hydrogen-bond acceptors (Lipinski definition) is 2. The van der Waals surface area contributed by atoms with E-state index in [2.05, 4.69) is 15.9 Å². The van der Waals surface area contributed by atoms with E-state index in [4.69, 9.17) is 4.74 Å². The van der Waals surface area contributed by atoms with Crippen molar-refractivity contribution in [2.24, 2.45) is 0 Å². The van der Waals surface area contributed by atoms with Crippen molar-refractivity contribution >= 4 is 26.7 Å². The lowest BCUT2D eigenvalue weighted by molar-refractivity contribution is 0.424. The van der Waals surface area contributed by atoms with Crippen LogP contribution in [0, 0.1) is 0 Å². The standard InChI is InChI=1S/C9H9BrO2S/c10-8-3-1-2-4-9(8)13(11)6-7-5-12-7/h1-4,7H,5-6H2/t7-,13?/m1/s1. The topological polar surface area (TPSA) is 29.6 Å². The molecule has 0 saturated carbocycles. The molecule has 0 radical (unpaired) electrons. The van der Waals surface area contributed by atoms with E-state index in [0.29, 0.717) is 5.75 Å². The average Bonchev–Trinajstić information content (AvgIpc) is 2.89. The van der Waals surface area contributed by atoms with Crippen molar-refractivity contribution in [2.75, 3.05) is 12.4 Å². The zero-order valence-corrected chi connectivity index (χ0v) is 9.31. The van der Waals surface area contributed by atoms with Crippen molar-refractivity contribution in [3.05, 3.63) is 28.7 Å². The summed E-state index contributed by atoms with van der Waals surface area (Å²) < 4.78 is 17.7. The third-order valence-corrected chi connectivity index (χ3v) is 4.30. The highest BCUT2D eigenvalue weighted by molar-refractivity contribution is 9.10. The van der Waals surface area contributed by atoms with E-state index in [-0.39, 0.29) is 6.10 Å². The summed E-state index contributed by atoms with van der Waals surface area (Å²) in [5, 5.41) is 0. The van der Waals surface area contributed by atoms with E-state index in [1.165, 1.54) is 0 Å². The van der Waals surface area contributed by atoms with Gasteiger partial charge in [-0.1, -0.05) is 12.1 Å². The van der Waals surface area contributed by atoms with Crippen molar-refractivity contribution in [3.63, 3.8) is 0 Å². The first kappa shape index (κ1) is 9.37. The Morgan fingerprint density at radius 2 is 2.23 bits per heavy atom. The Hall–Kier alpha value is -0.190. The van der Waals surface area contributed by atoms with Gasteiger partial charge in [-0.05, 0) is 28.1 Å². The molecule has 0 amide bonds. The van der Waals surface area contributed by atoms with E-state index in [0.717, 1.165) is 16.0 Å². The molecule has 1 aromatic rings. The van der Waals surface area contributed by atoms with Gasteiger partial charge in [0, 0.05) is 4.47 Å². The maximum atomic E-state index is 11.7. The Bertz CT molecular complexity index is 336. The van der Waals surface area contributed by atoms with Gasteiger partial charge in [-0.15, -0.1) is 0 Å². The van der Waals surface area contributed by atoms with Crippen LogP contribution in [-0.4, -0.2) is 22.7 Å². The van der Waals surface area contributed by atoms with Crippen LogP contribution < -0.4 is 0 Å². The minimum absolute atomic E-state index is 0.216. The largest absolute Gasteiger partial charge is 0.372 e. The summed E-state index contributed by atoms with van der Waals surface area (Å²) in [4.78, 5) is 0.859. The van der Waals surface area contributed by atoms with E-state index in [1.807, 2.05) is 24.3 Å². The number of epoxide rings is 1. The summed E-state index contributed by atoms with van der Waals surface area (Å²) >= 11 is 3.37. The van der Waals surface area contributed by atoms with Crippen molar-refractivity contribution in [2.45, 2.75) is 11.0 Å². The molecular formula is C9H9BrO2S. The minimum atomic E-state index is -0.934. The van der Waals surface area contributed by atoms with Crippen molar-refractivity contribution < 1.29 is 8.95 Å². The predicted molar refractivity (Wildman–Crippen MR) is 55.2 cm³/mol. The summed E-state index contributed by atoms with van der Waals surface area (Å²) in [7, 11) is -0.934. The van der Waals surface area contributed by atoms with Gasteiger partial charge in [0.05, 0.1) is 34.2 Å². The Balaban J connectivity index is 2.13. The molecular weight excluding hydrogens is 252 g/mol. The minimum Gasteiger partial charge on any atom is -0.372 e. The molecule has 0 bridgehead atoms. The van der Waals surface area contributed by atoms with Gasteiger partial charge in [-0.3, -0.25) is 4.21 Å². The quantitative estimate of drug-likeness (QED) is 0.778. The second-order valence-electron chi connectivity index (χ2n) is 2.90. The highest BCUT2D eigenvalue weighted by Gasteiger charge is 2.26. The normalized spacial score (nSPS) is 22.7. The molecule has 2 atom stereocenters. The first-order valence-electron chi connectivity index (χ1n) is 4.02. The van der Waals surface area contributed by atoms with Gasteiger partial charge in [0.1, 0.15) is 0 Å². The Labute approximate surface area is 87.9 Å². The SMILES string of the molecule is O=S(C[C@H]1CO1)c1ccccc1Br. The predicted octanol–water partition coefficient (Wildman–Crippen LogP) is 1.96. The Morgan fingerprint density at radius 3 is 2.85 bits per heavy atom. The molecule has 1 unspecified atom stereocenters. The van der Waals surface area contributed by atoms with Crippen LogP contribution >= 0.6 is 15.9 Å². The number of benzene rings is 1. The number of ether oxygens (including phenoxy) is 1. The van der Waals surface area contributed by atoms with Gasteiger partial charge in [0.25, 0.3) is 0 Å². The molecule has 0 spiro atoms. The molecule has 13 heavy (non-hydrogen) atoms. The van der Waals surface area contributed by atoms with E-state index in [9.17, 15) is 4.21 Å². The second-order valence-corrected chi connectivity index (χ2v) is 5.22. The smallest absolute Gasteiger partial charge is 0.0928 e. The lowest BCUT2D eigenvalue weighted by Gasteiger charge is -2.01. The van der Waals surface area contributed by atoms with Crippen LogP contribution in [-0.2, 0) is 15.5 Å². The molecule has 0 N–H and O–H groups in total. The van der Waals surface area contributed by atoms with Crippen LogP contribution in [0.2, 0.25) is 0 Å². The molecule has 0 aromatic heterocycles. The van der Waals surface area contributed by atoms with Crippen LogP contribution in [0.25, 0.3) is 0 Å². The number of rotatable bonds is 3. The van der Waals surface area contributed by atoms with Gasteiger partial charge in [-0.25, -0.2) is 0 Å². The Kier molecular flexibility index (Phi) is 2.81. The van der Waals surface area contributed by atoms with E-state index < -0.39 is 10.8 Å². The van der Waals surface area contributed by atoms with Gasteiger partial charge in [-0.2, -0.15) is 0 Å². The molecule has 1 aliphatic heterocycles. The first-order valence-corrected chi connectivity index (χ1v) is 6.13. The third-order valence-electron chi connectivity index (χ3n) is 1.82. The van der Waals surface area contributed by atoms with Crippen LogP contribution in [0.5, 0.6) is 0 Å². The molecule has 1 aliphatic rings. The fraction of sp³-hybridized carbons (Fsp3) is 0.333. The first-order chi connectivity index (χ1) is 6.27. The van der Waals surface area contributed by atoms with Gasteiger partial charge < -0.3 is 4.74 Å². The molecule has 2 rings (SSSR count). The molecule has 1 heterocycles. The highest BCUT2D eigenvalue weighted by atomic mass is 79.9. The zero-order valence-electron chi connectivity index (χ0n) is 6.90. The van der Waals surface area contributed by atoms with Crippen LogP contribution in [0.1, 0.15) is 0 Å². The number of halogens is 1. The summed E-state index contributed by atoms with van der Waals surface area (Å²) in [5.74, 6) is 0.614. The maximum Gasteiger partial charge on any atom is 0.0928 e. The van der Waals surface area contributed by atoms with Crippen LogP contribution in [0.15, 0.2) is 33.6 Å². The summed E-state index contributed by atoms with van der Waals surface area (Å²) in [6.07, 6.45) is 0.216.